The Labute approximate surface area is 191 Å². The molecule has 0 unspecified atom stereocenters. The molecule has 3 heterocycles. The number of aromatic nitrogens is 3. The Balaban J connectivity index is 1.66. The van der Waals surface area contributed by atoms with Crippen molar-refractivity contribution in [2.45, 2.75) is 6.92 Å². The molecule has 0 spiro atoms. The molecule has 8 nitrogen and oxygen atoms in total. The van der Waals surface area contributed by atoms with Gasteiger partial charge in [-0.25, -0.2) is 9.67 Å². The minimum absolute atomic E-state index is 0.161. The largest absolute Gasteiger partial charge is 0.378 e. The number of anilines is 1. The van der Waals surface area contributed by atoms with Gasteiger partial charge in [-0.2, -0.15) is 10.4 Å². The van der Waals surface area contributed by atoms with E-state index >= 15 is 0 Å². The second-order valence-corrected chi connectivity index (χ2v) is 7.80. The van der Waals surface area contributed by atoms with E-state index in [-0.39, 0.29) is 5.69 Å². The number of hydrogen-bond acceptors (Lipinski definition) is 6. The second-order valence-electron chi connectivity index (χ2n) is 7.80. The summed E-state index contributed by atoms with van der Waals surface area (Å²) >= 11 is 0. The Kier molecular flexibility index (Phi) is 5.47. The number of nitrogens with zero attached hydrogens (tertiary/aromatic N) is 5. The Hall–Kier alpha value is -4.22. The molecule has 0 bridgehead atoms. The molecule has 164 valence electrons. The van der Waals surface area contributed by atoms with E-state index in [0.717, 1.165) is 59.9 Å². The van der Waals surface area contributed by atoms with Gasteiger partial charge in [0.1, 0.15) is 5.69 Å². The fraction of sp³-hybridized carbons (Fsp3) is 0.200. The van der Waals surface area contributed by atoms with Gasteiger partial charge in [0.25, 0.3) is 5.91 Å². The second kappa shape index (κ2) is 8.73. The van der Waals surface area contributed by atoms with Gasteiger partial charge in [0.15, 0.2) is 11.8 Å². The molecular formula is C25H22N6O2. The minimum atomic E-state index is -0.552. The fourth-order valence-electron chi connectivity index (χ4n) is 4.17. The maximum absolute atomic E-state index is 12.5. The SMILES string of the molecule is Cc1nn(-c2ccccc2)c2nc(C(=O)NC#N)cc(-c3ccc(N4CCOCC4)cc3)c12. The van der Waals surface area contributed by atoms with Crippen LogP contribution in [0.2, 0.25) is 0 Å². The molecule has 1 fully saturated rings. The monoisotopic (exact) mass is 438 g/mol. The molecule has 2 aromatic carbocycles. The Morgan fingerprint density at radius 1 is 1.06 bits per heavy atom. The van der Waals surface area contributed by atoms with Crippen molar-refractivity contribution in [2.24, 2.45) is 0 Å². The molecule has 33 heavy (non-hydrogen) atoms. The quantitative estimate of drug-likeness (QED) is 0.387. The van der Waals surface area contributed by atoms with Crippen molar-refractivity contribution in [1.29, 1.82) is 5.26 Å². The van der Waals surface area contributed by atoms with Crippen LogP contribution < -0.4 is 10.2 Å². The maximum Gasteiger partial charge on any atom is 0.282 e. The number of aryl methyl sites for hydroxylation is 1. The summed E-state index contributed by atoms with van der Waals surface area (Å²) in [6.45, 7) is 5.11. The molecule has 1 aliphatic rings. The number of pyridine rings is 1. The number of hydrogen-bond donors (Lipinski definition) is 1. The zero-order valence-corrected chi connectivity index (χ0v) is 18.2. The Morgan fingerprint density at radius 2 is 1.79 bits per heavy atom. The van der Waals surface area contributed by atoms with Gasteiger partial charge in [0.05, 0.1) is 30.0 Å². The number of amides is 1. The standard InChI is InChI=1S/C25H22N6O2/c1-17-23-21(18-7-9-19(10-8-18)30-11-13-33-14-12-30)15-22(25(32)27-16-26)28-24(23)31(29-17)20-5-3-2-4-6-20/h2-10,15H,11-14H2,1H3,(H,27,32). The van der Waals surface area contributed by atoms with Gasteiger partial charge in [0, 0.05) is 18.8 Å². The highest BCUT2D eigenvalue weighted by Gasteiger charge is 2.20. The van der Waals surface area contributed by atoms with Crippen LogP contribution in [0.3, 0.4) is 0 Å². The highest BCUT2D eigenvalue weighted by atomic mass is 16.5. The Bertz CT molecular complexity index is 1350. The number of carbonyl (C=O) groups is 1. The average molecular weight is 438 g/mol. The summed E-state index contributed by atoms with van der Waals surface area (Å²) in [4.78, 5) is 19.4. The van der Waals surface area contributed by atoms with Crippen LogP contribution in [0.4, 0.5) is 5.69 Å². The van der Waals surface area contributed by atoms with Crippen molar-refractivity contribution in [2.75, 3.05) is 31.2 Å². The third-order valence-corrected chi connectivity index (χ3v) is 5.77. The van der Waals surface area contributed by atoms with Gasteiger partial charge < -0.3 is 9.64 Å². The van der Waals surface area contributed by atoms with Gasteiger partial charge >= 0.3 is 0 Å². The van der Waals surface area contributed by atoms with Crippen LogP contribution in [0.15, 0.2) is 60.7 Å². The highest BCUT2D eigenvalue weighted by molar-refractivity contribution is 6.02. The third-order valence-electron chi connectivity index (χ3n) is 5.77. The predicted molar refractivity (Wildman–Crippen MR) is 125 cm³/mol. The van der Waals surface area contributed by atoms with E-state index in [2.05, 4.69) is 27.3 Å². The van der Waals surface area contributed by atoms with Gasteiger partial charge in [0.2, 0.25) is 0 Å². The summed E-state index contributed by atoms with van der Waals surface area (Å²) in [6.07, 6.45) is 1.69. The lowest BCUT2D eigenvalue weighted by Gasteiger charge is -2.29. The van der Waals surface area contributed by atoms with E-state index < -0.39 is 5.91 Å². The van der Waals surface area contributed by atoms with E-state index in [0.29, 0.717) is 5.65 Å². The van der Waals surface area contributed by atoms with E-state index in [1.807, 2.05) is 49.4 Å². The lowest BCUT2D eigenvalue weighted by molar-refractivity contribution is 0.0968. The number of ether oxygens (including phenoxy) is 1. The molecule has 8 heteroatoms. The number of fused-ring (bicyclic) bond motifs is 1. The molecule has 1 N–H and O–H groups in total. The summed E-state index contributed by atoms with van der Waals surface area (Å²) in [5, 5.41) is 16.7. The maximum atomic E-state index is 12.5. The molecular weight excluding hydrogens is 416 g/mol. The summed E-state index contributed by atoms with van der Waals surface area (Å²) < 4.78 is 7.19. The number of rotatable bonds is 4. The molecule has 5 rings (SSSR count). The first-order valence-corrected chi connectivity index (χ1v) is 10.7. The van der Waals surface area contributed by atoms with Crippen LogP contribution in [-0.4, -0.2) is 47.0 Å². The summed E-state index contributed by atoms with van der Waals surface area (Å²) in [7, 11) is 0. The summed E-state index contributed by atoms with van der Waals surface area (Å²) in [6, 6.07) is 19.6. The molecule has 0 atom stereocenters. The van der Waals surface area contributed by atoms with E-state index in [4.69, 9.17) is 15.1 Å². The first-order valence-electron chi connectivity index (χ1n) is 10.7. The van der Waals surface area contributed by atoms with Crippen LogP contribution in [0, 0.1) is 18.4 Å². The predicted octanol–water partition coefficient (Wildman–Crippen LogP) is 3.44. The van der Waals surface area contributed by atoms with Crippen LogP contribution in [0.5, 0.6) is 0 Å². The number of carbonyl (C=O) groups excluding carboxylic acids is 1. The average Bonchev–Trinajstić information content (AvgIpc) is 3.21. The molecule has 1 aliphatic heterocycles. The van der Waals surface area contributed by atoms with Gasteiger partial charge in [-0.3, -0.25) is 10.1 Å². The Morgan fingerprint density at radius 3 is 2.48 bits per heavy atom. The van der Waals surface area contributed by atoms with Crippen molar-refractivity contribution in [3.8, 4) is 23.0 Å². The van der Waals surface area contributed by atoms with E-state index in [1.165, 1.54) is 0 Å². The zero-order valence-electron chi connectivity index (χ0n) is 18.2. The third kappa shape index (κ3) is 3.90. The number of nitriles is 1. The molecule has 4 aromatic rings. The summed E-state index contributed by atoms with van der Waals surface area (Å²) in [5.41, 5.74) is 5.30. The van der Waals surface area contributed by atoms with Gasteiger partial charge in [-0.1, -0.05) is 30.3 Å². The van der Waals surface area contributed by atoms with Crippen molar-refractivity contribution in [1.82, 2.24) is 20.1 Å². The molecule has 0 aliphatic carbocycles. The first-order chi connectivity index (χ1) is 16.2. The molecule has 1 saturated heterocycles. The normalized spacial score (nSPS) is 13.6. The highest BCUT2D eigenvalue weighted by Crippen LogP contribution is 2.33. The molecule has 0 radical (unpaired) electrons. The zero-order chi connectivity index (χ0) is 22.8. The molecule has 2 aromatic heterocycles. The topological polar surface area (TPSA) is 96.1 Å². The lowest BCUT2D eigenvalue weighted by atomic mass is 10.0. The van der Waals surface area contributed by atoms with Crippen LogP contribution >= 0.6 is 0 Å². The first kappa shape index (κ1) is 20.7. The van der Waals surface area contributed by atoms with Gasteiger partial charge in [-0.05, 0) is 48.4 Å². The lowest BCUT2D eigenvalue weighted by Crippen LogP contribution is -2.36. The number of morpholine rings is 1. The number of benzene rings is 2. The molecule has 0 saturated carbocycles. The minimum Gasteiger partial charge on any atom is -0.378 e. The molecule has 1 amide bonds. The smallest absolute Gasteiger partial charge is 0.282 e. The van der Waals surface area contributed by atoms with Crippen molar-refractivity contribution >= 4 is 22.6 Å². The summed E-state index contributed by atoms with van der Waals surface area (Å²) in [5.74, 6) is -0.552. The van der Waals surface area contributed by atoms with Crippen molar-refractivity contribution in [3.63, 3.8) is 0 Å². The van der Waals surface area contributed by atoms with Crippen molar-refractivity contribution in [3.05, 3.63) is 72.1 Å². The van der Waals surface area contributed by atoms with Crippen LogP contribution in [-0.2, 0) is 4.74 Å². The van der Waals surface area contributed by atoms with Crippen molar-refractivity contribution < 1.29 is 9.53 Å². The number of nitrogens with one attached hydrogen (secondary N) is 1. The fourth-order valence-corrected chi connectivity index (χ4v) is 4.17. The van der Waals surface area contributed by atoms with Crippen LogP contribution in [0.25, 0.3) is 27.8 Å². The van der Waals surface area contributed by atoms with E-state index in [9.17, 15) is 4.79 Å². The van der Waals surface area contributed by atoms with Gasteiger partial charge in [-0.15, -0.1) is 0 Å². The van der Waals surface area contributed by atoms with Crippen LogP contribution in [0.1, 0.15) is 16.2 Å². The number of para-hydroxylation sites is 1. The van der Waals surface area contributed by atoms with E-state index in [1.54, 1.807) is 16.9 Å².